The number of nitrogens with one attached hydrogen (secondary N) is 1. The summed E-state index contributed by atoms with van der Waals surface area (Å²) in [5, 5.41) is 19.5. The molecular formula is C15H26N2O5SSi. The zero-order valence-corrected chi connectivity index (χ0v) is 16.3. The molecule has 0 spiro atoms. The smallest absolute Gasteiger partial charge is 0.330 e. The molecule has 24 heavy (non-hydrogen) atoms. The Morgan fingerprint density at radius 1 is 1.38 bits per heavy atom. The van der Waals surface area contributed by atoms with Gasteiger partial charge in [0.15, 0.2) is 6.23 Å². The number of nitrogens with zero attached hydrogens (tertiary/aromatic N) is 1. The van der Waals surface area contributed by atoms with Gasteiger partial charge in [-0.2, -0.15) is 11.8 Å². The van der Waals surface area contributed by atoms with Crippen molar-refractivity contribution in [3.63, 3.8) is 0 Å². The molecule has 0 radical (unpaired) electrons. The standard InChI is InChI=1S/C15H26N2O5SSi/c1-9-7-17(15(21)16-13(9)20)14-12(11(19)10(8-18)22-14)23-5-6-24(2,3)4/h7,10-12,14,18-19H,5-6,8H2,1-4H3,(H,16,20,21). The minimum absolute atomic E-state index is 0.320. The Bertz CT molecular complexity index is 684. The van der Waals surface area contributed by atoms with Gasteiger partial charge >= 0.3 is 5.69 Å². The number of ether oxygens (including phenoxy) is 1. The summed E-state index contributed by atoms with van der Waals surface area (Å²) < 4.78 is 7.02. The summed E-state index contributed by atoms with van der Waals surface area (Å²) in [6.45, 7) is 8.12. The van der Waals surface area contributed by atoms with E-state index in [1.165, 1.54) is 10.8 Å². The summed E-state index contributed by atoms with van der Waals surface area (Å²) in [6.07, 6.45) is -0.874. The van der Waals surface area contributed by atoms with Crippen LogP contribution in [0.3, 0.4) is 0 Å². The highest BCUT2D eigenvalue weighted by Crippen LogP contribution is 2.37. The topological polar surface area (TPSA) is 105 Å². The van der Waals surface area contributed by atoms with Gasteiger partial charge in [0.05, 0.1) is 18.0 Å². The summed E-state index contributed by atoms with van der Waals surface area (Å²) in [6, 6.07) is 1.08. The van der Waals surface area contributed by atoms with Crippen molar-refractivity contribution in [2.24, 2.45) is 0 Å². The highest BCUT2D eigenvalue weighted by molar-refractivity contribution is 8.00. The van der Waals surface area contributed by atoms with Crippen LogP contribution in [-0.4, -0.2) is 57.7 Å². The fourth-order valence-corrected chi connectivity index (χ4v) is 6.47. The van der Waals surface area contributed by atoms with Crippen LogP contribution in [0.1, 0.15) is 11.8 Å². The molecule has 0 aromatic carbocycles. The third-order valence-electron chi connectivity index (χ3n) is 4.08. The molecule has 3 N–H and O–H groups in total. The fourth-order valence-electron chi connectivity index (χ4n) is 2.55. The van der Waals surface area contributed by atoms with Gasteiger partial charge in [0, 0.05) is 19.8 Å². The lowest BCUT2D eigenvalue weighted by molar-refractivity contribution is -0.0457. The number of aliphatic hydroxyl groups excluding tert-OH is 2. The molecule has 1 fully saturated rings. The highest BCUT2D eigenvalue weighted by atomic mass is 32.2. The molecule has 0 saturated carbocycles. The monoisotopic (exact) mass is 374 g/mol. The Kier molecular flexibility index (Phi) is 6.13. The first-order valence-electron chi connectivity index (χ1n) is 8.02. The van der Waals surface area contributed by atoms with Gasteiger partial charge in [0.1, 0.15) is 6.10 Å². The SMILES string of the molecule is Cc1cn(C2OC(CO)C(O)C2SCC[Si](C)(C)C)c(=O)[nH]c1=O. The number of thioether (sulfide) groups is 1. The minimum Gasteiger partial charge on any atom is -0.394 e. The van der Waals surface area contributed by atoms with Crippen LogP contribution in [0.15, 0.2) is 15.8 Å². The zero-order valence-electron chi connectivity index (χ0n) is 14.5. The molecule has 4 unspecified atom stereocenters. The van der Waals surface area contributed by atoms with E-state index < -0.39 is 37.8 Å². The van der Waals surface area contributed by atoms with Gasteiger partial charge in [-0.1, -0.05) is 19.6 Å². The van der Waals surface area contributed by atoms with Crippen molar-refractivity contribution in [2.45, 2.75) is 56.3 Å². The lowest BCUT2D eigenvalue weighted by Gasteiger charge is -2.23. The summed E-state index contributed by atoms with van der Waals surface area (Å²) in [7, 11) is -1.21. The molecule has 0 amide bonds. The maximum atomic E-state index is 12.1. The Labute approximate surface area is 146 Å². The van der Waals surface area contributed by atoms with Crippen LogP contribution in [0.5, 0.6) is 0 Å². The lowest BCUT2D eigenvalue weighted by Crippen LogP contribution is -2.37. The molecule has 9 heteroatoms. The first kappa shape index (κ1) is 19.5. The second-order valence-electron chi connectivity index (χ2n) is 7.36. The van der Waals surface area contributed by atoms with E-state index in [2.05, 4.69) is 24.6 Å². The van der Waals surface area contributed by atoms with Crippen LogP contribution in [0.4, 0.5) is 0 Å². The summed E-state index contributed by atoms with van der Waals surface area (Å²) in [5.74, 6) is 0.854. The second-order valence-corrected chi connectivity index (χ2v) is 14.3. The van der Waals surface area contributed by atoms with Gasteiger partial charge in [-0.25, -0.2) is 4.79 Å². The largest absolute Gasteiger partial charge is 0.394 e. The molecule has 1 aromatic heterocycles. The average Bonchev–Trinajstić information content (AvgIpc) is 2.78. The molecular weight excluding hydrogens is 348 g/mol. The van der Waals surface area contributed by atoms with Crippen LogP contribution in [0.2, 0.25) is 25.7 Å². The van der Waals surface area contributed by atoms with Gasteiger partial charge < -0.3 is 14.9 Å². The fraction of sp³-hybridized carbons (Fsp3) is 0.733. The molecule has 2 heterocycles. The van der Waals surface area contributed by atoms with Crippen LogP contribution >= 0.6 is 11.8 Å². The molecule has 136 valence electrons. The number of hydrogen-bond acceptors (Lipinski definition) is 6. The Balaban J connectivity index is 2.26. The van der Waals surface area contributed by atoms with E-state index in [9.17, 15) is 19.8 Å². The third-order valence-corrected chi connectivity index (χ3v) is 7.52. The first-order chi connectivity index (χ1) is 11.1. The van der Waals surface area contributed by atoms with Gasteiger partial charge in [-0.15, -0.1) is 0 Å². The van der Waals surface area contributed by atoms with Crippen molar-refractivity contribution in [3.8, 4) is 0 Å². The molecule has 0 bridgehead atoms. The number of aromatic amines is 1. The number of rotatable bonds is 6. The first-order valence-corrected chi connectivity index (χ1v) is 12.8. The van der Waals surface area contributed by atoms with Crippen LogP contribution < -0.4 is 11.2 Å². The van der Waals surface area contributed by atoms with Crippen molar-refractivity contribution < 1.29 is 14.9 Å². The third kappa shape index (κ3) is 4.40. The van der Waals surface area contributed by atoms with Crippen molar-refractivity contribution in [1.82, 2.24) is 9.55 Å². The Morgan fingerprint density at radius 2 is 2.04 bits per heavy atom. The van der Waals surface area contributed by atoms with E-state index in [0.29, 0.717) is 5.56 Å². The van der Waals surface area contributed by atoms with Crippen LogP contribution in [0, 0.1) is 6.92 Å². The number of aromatic nitrogens is 2. The summed E-state index contributed by atoms with van der Waals surface area (Å²) in [4.78, 5) is 26.0. The average molecular weight is 375 g/mol. The van der Waals surface area contributed by atoms with E-state index in [1.54, 1.807) is 18.7 Å². The molecule has 1 aromatic rings. The van der Waals surface area contributed by atoms with Gasteiger partial charge in [0.25, 0.3) is 5.56 Å². The lowest BCUT2D eigenvalue weighted by atomic mass is 10.2. The Hall–Kier alpha value is -0.873. The quantitative estimate of drug-likeness (QED) is 0.628. The minimum atomic E-state index is -1.21. The van der Waals surface area contributed by atoms with Gasteiger partial charge in [0.2, 0.25) is 0 Å². The molecule has 2 rings (SSSR count). The van der Waals surface area contributed by atoms with Crippen LogP contribution in [0.25, 0.3) is 0 Å². The molecule has 0 aliphatic carbocycles. The van der Waals surface area contributed by atoms with Crippen molar-refractivity contribution in [2.75, 3.05) is 12.4 Å². The highest BCUT2D eigenvalue weighted by Gasteiger charge is 2.45. The predicted molar refractivity (Wildman–Crippen MR) is 97.5 cm³/mol. The second kappa shape index (κ2) is 7.57. The van der Waals surface area contributed by atoms with Gasteiger partial charge in [-0.3, -0.25) is 14.3 Å². The number of aryl methyl sites for hydroxylation is 1. The molecule has 1 aliphatic rings. The molecule has 4 atom stereocenters. The van der Waals surface area contributed by atoms with E-state index in [1.807, 2.05) is 0 Å². The van der Waals surface area contributed by atoms with Gasteiger partial charge in [-0.05, 0) is 18.7 Å². The van der Waals surface area contributed by atoms with Crippen molar-refractivity contribution >= 4 is 19.8 Å². The summed E-state index contributed by atoms with van der Waals surface area (Å²) in [5.41, 5.74) is -0.611. The molecule has 7 nitrogen and oxygen atoms in total. The van der Waals surface area contributed by atoms with E-state index in [-0.39, 0.29) is 11.9 Å². The maximum absolute atomic E-state index is 12.1. The predicted octanol–water partition coefficient (Wildman–Crippen LogP) is 0.536. The molecule has 1 aliphatic heterocycles. The number of aliphatic hydroxyl groups is 2. The number of H-pyrrole nitrogens is 1. The van der Waals surface area contributed by atoms with E-state index in [0.717, 1.165) is 11.8 Å². The van der Waals surface area contributed by atoms with E-state index in [4.69, 9.17) is 4.74 Å². The zero-order chi connectivity index (χ0) is 18.1. The van der Waals surface area contributed by atoms with E-state index >= 15 is 0 Å². The Morgan fingerprint density at radius 3 is 2.62 bits per heavy atom. The molecule has 1 saturated heterocycles. The van der Waals surface area contributed by atoms with Crippen LogP contribution in [-0.2, 0) is 4.74 Å². The van der Waals surface area contributed by atoms with Crippen molar-refractivity contribution in [3.05, 3.63) is 32.6 Å². The normalized spacial score (nSPS) is 27.6. The maximum Gasteiger partial charge on any atom is 0.330 e. The summed E-state index contributed by atoms with van der Waals surface area (Å²) >= 11 is 1.56. The number of hydrogen-bond donors (Lipinski definition) is 3. The van der Waals surface area contributed by atoms with Crippen molar-refractivity contribution in [1.29, 1.82) is 0 Å².